The van der Waals surface area contributed by atoms with E-state index in [1.807, 2.05) is 54.9 Å². The van der Waals surface area contributed by atoms with Gasteiger partial charge in [0.25, 0.3) is 0 Å². The summed E-state index contributed by atoms with van der Waals surface area (Å²) in [6.07, 6.45) is 10.7. The average Bonchev–Trinajstić information content (AvgIpc) is 3.26. The summed E-state index contributed by atoms with van der Waals surface area (Å²) in [7, 11) is 4.20. The largest absolute Gasteiger partial charge is 0.340 e. The number of fused-ring (bicyclic) bond motifs is 1. The number of rotatable bonds is 10. The van der Waals surface area contributed by atoms with Crippen LogP contribution in [0.1, 0.15) is 12.5 Å². The van der Waals surface area contributed by atoms with Crippen LogP contribution in [-0.2, 0) is 6.54 Å². The summed E-state index contributed by atoms with van der Waals surface area (Å²) in [4.78, 5) is 26.4. The van der Waals surface area contributed by atoms with Crippen LogP contribution in [-0.4, -0.2) is 69.2 Å². The first-order valence-corrected chi connectivity index (χ1v) is 11.7. The number of hydrogen-bond acceptors (Lipinski definition) is 6. The third kappa shape index (κ3) is 5.77. The van der Waals surface area contributed by atoms with Gasteiger partial charge in [0.05, 0.1) is 11.2 Å². The first-order chi connectivity index (χ1) is 17.0. The van der Waals surface area contributed by atoms with Gasteiger partial charge in [0.2, 0.25) is 0 Å². The van der Waals surface area contributed by atoms with Crippen molar-refractivity contribution in [3.8, 4) is 18.0 Å². The molecule has 0 spiro atoms. The van der Waals surface area contributed by atoms with Gasteiger partial charge in [0.15, 0.2) is 0 Å². The van der Waals surface area contributed by atoms with Crippen molar-refractivity contribution in [1.29, 1.82) is 0 Å². The lowest BCUT2D eigenvalue weighted by molar-refractivity contribution is 0.256. The molecule has 0 aliphatic carbocycles. The van der Waals surface area contributed by atoms with Crippen LogP contribution in [0.15, 0.2) is 66.0 Å². The van der Waals surface area contributed by atoms with Gasteiger partial charge in [0, 0.05) is 55.2 Å². The van der Waals surface area contributed by atoms with Crippen LogP contribution in [0.4, 0.5) is 11.5 Å². The van der Waals surface area contributed by atoms with Crippen LogP contribution in [0.5, 0.6) is 0 Å². The van der Waals surface area contributed by atoms with Crippen LogP contribution in [0, 0.1) is 12.3 Å². The van der Waals surface area contributed by atoms with E-state index in [1.165, 1.54) is 6.33 Å². The van der Waals surface area contributed by atoms with E-state index in [-0.39, 0.29) is 5.69 Å². The molecule has 2 aromatic carbocycles. The lowest BCUT2D eigenvalue weighted by atomic mass is 10.2. The molecule has 8 nitrogen and oxygen atoms in total. The zero-order chi connectivity index (χ0) is 24.8. The second-order valence-corrected chi connectivity index (χ2v) is 8.62. The van der Waals surface area contributed by atoms with Crippen LogP contribution < -0.4 is 11.0 Å². The average molecular weight is 470 g/mol. The number of likely N-dealkylation sites (N-methyl/N-ethyl adjacent to an activating group) is 2. The molecule has 0 unspecified atom stereocenters. The van der Waals surface area contributed by atoms with Gasteiger partial charge in [-0.25, -0.2) is 14.8 Å². The minimum absolute atomic E-state index is 0.0727. The number of benzene rings is 2. The summed E-state index contributed by atoms with van der Waals surface area (Å²) >= 11 is 0. The first kappa shape index (κ1) is 24.2. The van der Waals surface area contributed by atoms with Crippen molar-refractivity contribution < 1.29 is 0 Å². The molecule has 4 aromatic rings. The minimum Gasteiger partial charge on any atom is -0.340 e. The highest BCUT2D eigenvalue weighted by Crippen LogP contribution is 2.25. The Balaban J connectivity index is 1.54. The van der Waals surface area contributed by atoms with Crippen LogP contribution in [0.25, 0.3) is 16.6 Å². The van der Waals surface area contributed by atoms with Crippen LogP contribution in [0.3, 0.4) is 0 Å². The molecular weight excluding hydrogens is 438 g/mol. The highest BCUT2D eigenvalue weighted by molar-refractivity contribution is 5.92. The smallest absolute Gasteiger partial charge is 0.332 e. The first-order valence-electron chi connectivity index (χ1n) is 11.7. The Hall–Kier alpha value is -3.93. The van der Waals surface area contributed by atoms with Crippen molar-refractivity contribution >= 4 is 22.4 Å². The van der Waals surface area contributed by atoms with E-state index in [0.717, 1.165) is 54.0 Å². The molecule has 8 heteroatoms. The Bertz CT molecular complexity index is 1400. The number of terminal acetylenes is 1. The molecule has 0 fully saturated rings. The topological polar surface area (TPSA) is 71.2 Å². The van der Waals surface area contributed by atoms with Gasteiger partial charge in [-0.05, 0) is 57.0 Å². The van der Waals surface area contributed by atoms with Crippen molar-refractivity contribution in [2.24, 2.45) is 0 Å². The van der Waals surface area contributed by atoms with Crippen molar-refractivity contribution in [2.45, 2.75) is 13.5 Å². The predicted octanol–water partition coefficient (Wildman–Crippen LogP) is 3.19. The highest BCUT2D eigenvalue weighted by atomic mass is 16.1. The van der Waals surface area contributed by atoms with Gasteiger partial charge >= 0.3 is 5.69 Å². The molecule has 0 aliphatic rings. The number of imidazole rings is 1. The quantitative estimate of drug-likeness (QED) is 0.360. The second-order valence-electron chi connectivity index (χ2n) is 8.62. The van der Waals surface area contributed by atoms with Crippen LogP contribution >= 0.6 is 0 Å². The summed E-state index contributed by atoms with van der Waals surface area (Å²) < 4.78 is 3.40. The van der Waals surface area contributed by atoms with Crippen molar-refractivity contribution in [3.05, 3.63) is 77.2 Å². The zero-order valence-electron chi connectivity index (χ0n) is 20.5. The van der Waals surface area contributed by atoms with Crippen molar-refractivity contribution in [3.63, 3.8) is 0 Å². The molecule has 180 valence electrons. The fraction of sp³-hybridized carbons (Fsp3) is 0.296. The van der Waals surface area contributed by atoms with E-state index in [0.29, 0.717) is 12.4 Å². The number of nitrogens with zero attached hydrogens (tertiary/aromatic N) is 6. The van der Waals surface area contributed by atoms with Gasteiger partial charge in [0.1, 0.15) is 12.1 Å². The lowest BCUT2D eigenvalue weighted by Crippen LogP contribution is -2.34. The zero-order valence-corrected chi connectivity index (χ0v) is 20.5. The molecule has 0 saturated heterocycles. The van der Waals surface area contributed by atoms with E-state index in [1.54, 1.807) is 9.13 Å². The SMILES string of the molecule is C#Cc1cccc(Nc2ncnc3ccc(-n4ccn(CCN(C)CCN(C)CC)c4=O)cc23)c1. The second kappa shape index (κ2) is 11.0. The molecule has 0 atom stereocenters. The fourth-order valence-corrected chi connectivity index (χ4v) is 3.79. The van der Waals surface area contributed by atoms with Gasteiger partial charge in [-0.3, -0.25) is 9.13 Å². The molecule has 2 aromatic heterocycles. The Morgan fingerprint density at radius 3 is 2.66 bits per heavy atom. The van der Waals surface area contributed by atoms with Gasteiger partial charge in [-0.2, -0.15) is 0 Å². The molecule has 0 amide bonds. The summed E-state index contributed by atoms with van der Waals surface area (Å²) in [6.45, 7) is 6.58. The maximum Gasteiger partial charge on any atom is 0.332 e. The highest BCUT2D eigenvalue weighted by Gasteiger charge is 2.11. The maximum absolute atomic E-state index is 13.1. The third-order valence-electron chi connectivity index (χ3n) is 6.16. The number of anilines is 2. The molecule has 0 radical (unpaired) electrons. The van der Waals surface area contributed by atoms with Crippen molar-refractivity contribution in [1.82, 2.24) is 28.9 Å². The molecular formula is C27H31N7O. The number of nitrogens with one attached hydrogen (secondary N) is 1. The Morgan fingerprint density at radius 2 is 1.86 bits per heavy atom. The van der Waals surface area contributed by atoms with E-state index < -0.39 is 0 Å². The number of hydrogen-bond donors (Lipinski definition) is 1. The third-order valence-corrected chi connectivity index (χ3v) is 6.16. The standard InChI is InChI=1S/C27H31N7O/c1-5-21-8-7-9-22(18-21)30-26-24-19-23(10-11-25(24)28-20-29-26)34-17-16-33(27(34)35)15-14-32(4)13-12-31(3)6-2/h1,7-11,16-20H,6,12-15H2,2-4H3,(H,28,29,30). The normalized spacial score (nSPS) is 11.3. The summed E-state index contributed by atoms with van der Waals surface area (Å²) in [6, 6.07) is 13.3. The van der Waals surface area contributed by atoms with E-state index in [9.17, 15) is 4.79 Å². The summed E-state index contributed by atoms with van der Waals surface area (Å²) in [5.74, 6) is 3.29. The lowest BCUT2D eigenvalue weighted by Gasteiger charge is -2.20. The minimum atomic E-state index is -0.0727. The molecule has 1 N–H and O–H groups in total. The molecule has 2 heterocycles. The van der Waals surface area contributed by atoms with Gasteiger partial charge in [-0.15, -0.1) is 6.42 Å². The Kier molecular flexibility index (Phi) is 7.60. The molecule has 4 rings (SSSR count). The molecule has 0 saturated carbocycles. The fourth-order valence-electron chi connectivity index (χ4n) is 3.79. The van der Waals surface area contributed by atoms with Gasteiger partial charge in [-0.1, -0.05) is 18.9 Å². The Labute approximate surface area is 205 Å². The van der Waals surface area contributed by atoms with Crippen LogP contribution in [0.2, 0.25) is 0 Å². The Morgan fingerprint density at radius 1 is 1.03 bits per heavy atom. The summed E-state index contributed by atoms with van der Waals surface area (Å²) in [5.41, 5.74) is 3.09. The van der Waals surface area contributed by atoms with E-state index in [2.05, 4.69) is 52.0 Å². The molecule has 0 bridgehead atoms. The molecule has 0 aliphatic heterocycles. The predicted molar refractivity (Wildman–Crippen MR) is 141 cm³/mol. The van der Waals surface area contributed by atoms with Gasteiger partial charge < -0.3 is 15.1 Å². The monoisotopic (exact) mass is 469 g/mol. The number of aromatic nitrogens is 4. The van der Waals surface area contributed by atoms with E-state index in [4.69, 9.17) is 6.42 Å². The van der Waals surface area contributed by atoms with E-state index >= 15 is 0 Å². The summed E-state index contributed by atoms with van der Waals surface area (Å²) in [5, 5.41) is 4.14. The molecule has 35 heavy (non-hydrogen) atoms. The van der Waals surface area contributed by atoms with Crippen molar-refractivity contribution in [2.75, 3.05) is 45.6 Å². The maximum atomic E-state index is 13.1.